The van der Waals surface area contributed by atoms with E-state index in [1.807, 2.05) is 13.8 Å². The van der Waals surface area contributed by atoms with Gasteiger partial charge in [-0.3, -0.25) is 4.79 Å². The van der Waals surface area contributed by atoms with Crippen LogP contribution < -0.4 is 14.2 Å². The van der Waals surface area contributed by atoms with Gasteiger partial charge in [0.05, 0.1) is 26.4 Å². The van der Waals surface area contributed by atoms with E-state index in [1.54, 1.807) is 56.5 Å². The molecule has 0 amide bonds. The summed E-state index contributed by atoms with van der Waals surface area (Å²) in [4.78, 5) is 24.9. The van der Waals surface area contributed by atoms with Crippen LogP contribution in [-0.2, 0) is 4.74 Å². The molecule has 2 aromatic rings. The van der Waals surface area contributed by atoms with Crippen molar-refractivity contribution in [3.63, 3.8) is 0 Å². The van der Waals surface area contributed by atoms with Gasteiger partial charge in [0.1, 0.15) is 5.75 Å². The third kappa shape index (κ3) is 5.49. The van der Waals surface area contributed by atoms with Gasteiger partial charge in [-0.05, 0) is 55.3 Å². The van der Waals surface area contributed by atoms with E-state index < -0.39 is 12.1 Å². The van der Waals surface area contributed by atoms with E-state index in [1.165, 1.54) is 7.11 Å². The minimum atomic E-state index is -0.927. The maximum atomic E-state index is 12.5. The van der Waals surface area contributed by atoms with Crippen molar-refractivity contribution >= 4 is 11.8 Å². The monoisotopic (exact) mass is 386 g/mol. The van der Waals surface area contributed by atoms with E-state index in [9.17, 15) is 9.59 Å². The molecule has 0 unspecified atom stereocenters. The number of methoxy groups -OCH3 is 2. The summed E-state index contributed by atoms with van der Waals surface area (Å²) in [7, 11) is 3.05. The zero-order valence-electron chi connectivity index (χ0n) is 16.9. The maximum absolute atomic E-state index is 12.5. The number of hydrogen-bond acceptors (Lipinski definition) is 6. The summed E-state index contributed by atoms with van der Waals surface area (Å²) in [5.41, 5.74) is 0.722. The van der Waals surface area contributed by atoms with Crippen molar-refractivity contribution in [1.29, 1.82) is 0 Å². The Morgan fingerprint density at radius 2 is 1.50 bits per heavy atom. The minimum absolute atomic E-state index is 0.281. The maximum Gasteiger partial charge on any atom is 0.338 e. The standard InChI is InChI=1S/C22H26O6/c1-14(2)13-27-19-11-8-17(12-20(19)26-5)22(24)28-15(3)21(23)16-6-9-18(25-4)10-7-16/h6-12,14-15H,13H2,1-5H3/t15-/m0/s1. The van der Waals surface area contributed by atoms with Gasteiger partial charge in [-0.15, -0.1) is 0 Å². The molecule has 0 heterocycles. The Labute approximate surface area is 165 Å². The van der Waals surface area contributed by atoms with Gasteiger partial charge in [-0.25, -0.2) is 4.79 Å². The first kappa shape index (κ1) is 21.3. The van der Waals surface area contributed by atoms with Crippen molar-refractivity contribution in [2.75, 3.05) is 20.8 Å². The van der Waals surface area contributed by atoms with Crippen LogP contribution in [0.5, 0.6) is 17.2 Å². The molecule has 0 spiro atoms. The normalized spacial score (nSPS) is 11.6. The lowest BCUT2D eigenvalue weighted by Crippen LogP contribution is -2.24. The number of benzene rings is 2. The van der Waals surface area contributed by atoms with Crippen LogP contribution >= 0.6 is 0 Å². The highest BCUT2D eigenvalue weighted by Crippen LogP contribution is 2.29. The minimum Gasteiger partial charge on any atom is -0.497 e. The Balaban J connectivity index is 2.07. The van der Waals surface area contributed by atoms with Crippen LogP contribution in [0.25, 0.3) is 0 Å². The van der Waals surface area contributed by atoms with Crippen LogP contribution in [0.15, 0.2) is 42.5 Å². The number of ether oxygens (including phenoxy) is 4. The quantitative estimate of drug-likeness (QED) is 0.476. The summed E-state index contributed by atoms with van der Waals surface area (Å²) in [5.74, 6) is 1.09. The van der Waals surface area contributed by atoms with Gasteiger partial charge >= 0.3 is 5.97 Å². The van der Waals surface area contributed by atoms with E-state index in [0.717, 1.165) is 0 Å². The SMILES string of the molecule is COc1ccc(C(=O)[C@H](C)OC(=O)c2ccc(OCC(C)C)c(OC)c2)cc1. The predicted molar refractivity (Wildman–Crippen MR) is 106 cm³/mol. The Hall–Kier alpha value is -3.02. The molecule has 2 aromatic carbocycles. The first-order chi connectivity index (χ1) is 13.3. The van der Waals surface area contributed by atoms with Crippen LogP contribution in [0.2, 0.25) is 0 Å². The zero-order chi connectivity index (χ0) is 20.7. The highest BCUT2D eigenvalue weighted by molar-refractivity contribution is 6.01. The second-order valence-electron chi connectivity index (χ2n) is 6.71. The summed E-state index contributed by atoms with van der Waals surface area (Å²) in [6, 6.07) is 11.4. The molecular weight excluding hydrogens is 360 g/mol. The number of esters is 1. The number of Topliss-reactive ketones (excluding diaryl/α,β-unsaturated/α-hetero) is 1. The van der Waals surface area contributed by atoms with Gasteiger partial charge in [-0.2, -0.15) is 0 Å². The molecule has 150 valence electrons. The summed E-state index contributed by atoms with van der Waals surface area (Å²) >= 11 is 0. The number of carbonyl (C=O) groups is 2. The molecule has 2 rings (SSSR count). The van der Waals surface area contributed by atoms with E-state index in [4.69, 9.17) is 18.9 Å². The first-order valence-electron chi connectivity index (χ1n) is 9.05. The number of carbonyl (C=O) groups excluding carboxylic acids is 2. The van der Waals surface area contributed by atoms with Crippen molar-refractivity contribution in [3.8, 4) is 17.2 Å². The number of rotatable bonds is 9. The number of hydrogen-bond donors (Lipinski definition) is 0. The molecule has 0 radical (unpaired) electrons. The molecule has 0 N–H and O–H groups in total. The highest BCUT2D eigenvalue weighted by Gasteiger charge is 2.21. The molecule has 0 saturated heterocycles. The fraction of sp³-hybridized carbons (Fsp3) is 0.364. The summed E-state index contributed by atoms with van der Waals surface area (Å²) in [6.07, 6.45) is -0.927. The Kier molecular flexibility index (Phi) is 7.44. The van der Waals surface area contributed by atoms with Crippen molar-refractivity contribution in [2.24, 2.45) is 5.92 Å². The third-order valence-corrected chi connectivity index (χ3v) is 4.00. The van der Waals surface area contributed by atoms with Crippen LogP contribution in [0.3, 0.4) is 0 Å². The summed E-state index contributed by atoms with van der Waals surface area (Å²) in [5, 5.41) is 0. The predicted octanol–water partition coefficient (Wildman–Crippen LogP) is 4.17. The second-order valence-corrected chi connectivity index (χ2v) is 6.71. The summed E-state index contributed by atoms with van der Waals surface area (Å²) in [6.45, 7) is 6.16. The van der Waals surface area contributed by atoms with Gasteiger partial charge in [0, 0.05) is 5.56 Å². The van der Waals surface area contributed by atoms with E-state index in [2.05, 4.69) is 0 Å². The molecule has 1 atom stereocenters. The zero-order valence-corrected chi connectivity index (χ0v) is 16.9. The van der Waals surface area contributed by atoms with Crippen LogP contribution in [0.1, 0.15) is 41.5 Å². The van der Waals surface area contributed by atoms with Crippen molar-refractivity contribution < 1.29 is 28.5 Å². The molecule has 0 aliphatic rings. The smallest absolute Gasteiger partial charge is 0.338 e. The van der Waals surface area contributed by atoms with Crippen molar-refractivity contribution in [2.45, 2.75) is 26.9 Å². The lowest BCUT2D eigenvalue weighted by atomic mass is 10.1. The molecular formula is C22H26O6. The van der Waals surface area contributed by atoms with Crippen LogP contribution in [0.4, 0.5) is 0 Å². The molecule has 0 aliphatic carbocycles. The Morgan fingerprint density at radius 3 is 2.07 bits per heavy atom. The fourth-order valence-electron chi connectivity index (χ4n) is 2.44. The van der Waals surface area contributed by atoms with E-state index in [0.29, 0.717) is 35.3 Å². The number of ketones is 1. The topological polar surface area (TPSA) is 71.1 Å². The van der Waals surface area contributed by atoms with E-state index >= 15 is 0 Å². The summed E-state index contributed by atoms with van der Waals surface area (Å²) < 4.78 is 21.4. The van der Waals surface area contributed by atoms with Gasteiger partial charge in [0.15, 0.2) is 17.6 Å². The fourth-order valence-corrected chi connectivity index (χ4v) is 2.44. The van der Waals surface area contributed by atoms with Gasteiger partial charge < -0.3 is 18.9 Å². The molecule has 6 heteroatoms. The molecule has 0 fully saturated rings. The molecule has 0 bridgehead atoms. The van der Waals surface area contributed by atoms with Crippen molar-refractivity contribution in [1.82, 2.24) is 0 Å². The Bertz CT molecular complexity index is 810. The molecule has 0 aliphatic heterocycles. The molecule has 0 saturated carbocycles. The van der Waals surface area contributed by atoms with Gasteiger partial charge in [0.2, 0.25) is 5.78 Å². The van der Waals surface area contributed by atoms with Gasteiger partial charge in [0.25, 0.3) is 0 Å². The largest absolute Gasteiger partial charge is 0.497 e. The van der Waals surface area contributed by atoms with Gasteiger partial charge in [-0.1, -0.05) is 13.8 Å². The average Bonchev–Trinajstić information content (AvgIpc) is 2.71. The lowest BCUT2D eigenvalue weighted by molar-refractivity contribution is 0.0318. The van der Waals surface area contributed by atoms with Crippen LogP contribution in [0, 0.1) is 5.92 Å². The highest BCUT2D eigenvalue weighted by atomic mass is 16.5. The molecule has 0 aromatic heterocycles. The van der Waals surface area contributed by atoms with Crippen molar-refractivity contribution in [3.05, 3.63) is 53.6 Å². The average molecular weight is 386 g/mol. The molecule has 28 heavy (non-hydrogen) atoms. The van der Waals surface area contributed by atoms with E-state index in [-0.39, 0.29) is 11.3 Å². The Morgan fingerprint density at radius 1 is 0.857 bits per heavy atom. The third-order valence-electron chi connectivity index (χ3n) is 4.00. The second kappa shape index (κ2) is 9.78. The first-order valence-corrected chi connectivity index (χ1v) is 9.05. The lowest BCUT2D eigenvalue weighted by Gasteiger charge is -2.15. The van der Waals surface area contributed by atoms with Crippen LogP contribution in [-0.4, -0.2) is 38.7 Å². The molecule has 6 nitrogen and oxygen atoms in total.